The smallest absolute Gasteiger partial charge is 0.321 e. The average Bonchev–Trinajstić information content (AvgIpc) is 3.10. The summed E-state index contributed by atoms with van der Waals surface area (Å²) in [7, 11) is 1.65. The predicted molar refractivity (Wildman–Crippen MR) is 132 cm³/mol. The summed E-state index contributed by atoms with van der Waals surface area (Å²) in [6.07, 6.45) is 0.740. The van der Waals surface area contributed by atoms with Gasteiger partial charge in [0.05, 0.1) is 13.0 Å². The molecule has 1 fully saturated rings. The van der Waals surface area contributed by atoms with Crippen molar-refractivity contribution in [3.63, 3.8) is 0 Å². The Kier molecular flexibility index (Phi) is 7.04. The van der Waals surface area contributed by atoms with Crippen molar-refractivity contribution in [3.8, 4) is 5.75 Å². The fourth-order valence-corrected chi connectivity index (χ4v) is 4.26. The van der Waals surface area contributed by atoms with Crippen molar-refractivity contribution in [2.45, 2.75) is 19.3 Å². The molecule has 0 unspecified atom stereocenters. The van der Waals surface area contributed by atoms with E-state index in [9.17, 15) is 9.59 Å². The Bertz CT molecular complexity index is 1150. The molecule has 0 aromatic heterocycles. The zero-order valence-electron chi connectivity index (χ0n) is 18.9. The van der Waals surface area contributed by atoms with E-state index in [-0.39, 0.29) is 17.9 Å². The van der Waals surface area contributed by atoms with Crippen LogP contribution in [0, 0.1) is 0 Å². The molecule has 3 aromatic rings. The minimum absolute atomic E-state index is 0.0859. The molecule has 1 atom stereocenters. The summed E-state index contributed by atoms with van der Waals surface area (Å²) in [6, 6.07) is 18.9. The van der Waals surface area contributed by atoms with Crippen molar-refractivity contribution >= 4 is 40.0 Å². The number of carbonyl (C=O) groups excluding carboxylic acids is 2. The predicted octanol–water partition coefficient (Wildman–Crippen LogP) is 5.37. The standard InChI is InChI=1S/C26H28ClN3O3/c1-18(19-4-5-21-17-24(33-2)11-6-20(21)16-19)25(31)29-12-3-13-30(15-14-29)26(32)28-23-9-7-22(27)8-10-23/h4-11,16-18H,3,12-15H2,1-2H3,(H,28,32)/t18-/m0/s1. The minimum atomic E-state index is -0.258. The molecular formula is C26H28ClN3O3. The normalized spacial score (nSPS) is 15.1. The summed E-state index contributed by atoms with van der Waals surface area (Å²) in [4.78, 5) is 29.6. The van der Waals surface area contributed by atoms with Crippen LogP contribution >= 0.6 is 11.6 Å². The SMILES string of the molecule is COc1ccc2cc([C@H](C)C(=O)N3CCCN(C(=O)Nc4ccc(Cl)cc4)CC3)ccc2c1. The Morgan fingerprint density at radius 3 is 2.33 bits per heavy atom. The number of anilines is 1. The molecule has 0 saturated carbocycles. The number of methoxy groups -OCH3 is 1. The number of carbonyl (C=O) groups is 2. The Balaban J connectivity index is 1.39. The van der Waals surface area contributed by atoms with E-state index in [1.165, 1.54) is 0 Å². The molecule has 172 valence electrons. The van der Waals surface area contributed by atoms with Crippen molar-refractivity contribution in [1.29, 1.82) is 0 Å². The lowest BCUT2D eigenvalue weighted by Crippen LogP contribution is -2.40. The van der Waals surface area contributed by atoms with Gasteiger partial charge in [-0.1, -0.05) is 35.9 Å². The van der Waals surface area contributed by atoms with Gasteiger partial charge >= 0.3 is 6.03 Å². The Labute approximate surface area is 199 Å². The van der Waals surface area contributed by atoms with Crippen LogP contribution in [0.25, 0.3) is 10.8 Å². The fourth-order valence-electron chi connectivity index (χ4n) is 4.13. The second-order valence-electron chi connectivity index (χ2n) is 8.30. The van der Waals surface area contributed by atoms with E-state index in [1.54, 1.807) is 36.3 Å². The lowest BCUT2D eigenvalue weighted by Gasteiger charge is -2.25. The van der Waals surface area contributed by atoms with Crippen molar-refractivity contribution in [3.05, 3.63) is 71.2 Å². The second kappa shape index (κ2) is 10.1. The zero-order valence-corrected chi connectivity index (χ0v) is 19.6. The molecule has 3 aromatic carbocycles. The number of hydrogen-bond acceptors (Lipinski definition) is 3. The maximum absolute atomic E-state index is 13.3. The highest BCUT2D eigenvalue weighted by Crippen LogP contribution is 2.26. The number of benzene rings is 3. The van der Waals surface area contributed by atoms with Crippen LogP contribution in [0.15, 0.2) is 60.7 Å². The van der Waals surface area contributed by atoms with Crippen LogP contribution < -0.4 is 10.1 Å². The molecule has 1 N–H and O–H groups in total. The monoisotopic (exact) mass is 465 g/mol. The molecule has 7 heteroatoms. The number of amides is 3. The molecule has 0 aliphatic carbocycles. The lowest BCUT2D eigenvalue weighted by atomic mass is 9.96. The third-order valence-corrected chi connectivity index (χ3v) is 6.38. The average molecular weight is 466 g/mol. The van der Waals surface area contributed by atoms with Gasteiger partial charge in [0, 0.05) is 36.9 Å². The maximum atomic E-state index is 13.3. The third-order valence-electron chi connectivity index (χ3n) is 6.13. The molecule has 1 aliphatic heterocycles. The molecule has 3 amide bonds. The van der Waals surface area contributed by atoms with E-state index < -0.39 is 0 Å². The van der Waals surface area contributed by atoms with Crippen molar-refractivity contribution < 1.29 is 14.3 Å². The number of hydrogen-bond donors (Lipinski definition) is 1. The van der Waals surface area contributed by atoms with E-state index in [0.717, 1.165) is 28.5 Å². The van der Waals surface area contributed by atoms with Crippen molar-refractivity contribution in [2.24, 2.45) is 0 Å². The van der Waals surface area contributed by atoms with Crippen LogP contribution in [0.3, 0.4) is 0 Å². The summed E-state index contributed by atoms with van der Waals surface area (Å²) in [6.45, 7) is 4.20. The highest BCUT2D eigenvalue weighted by molar-refractivity contribution is 6.30. The number of fused-ring (bicyclic) bond motifs is 1. The summed E-state index contributed by atoms with van der Waals surface area (Å²) in [5.41, 5.74) is 1.68. The number of rotatable bonds is 4. The quantitative estimate of drug-likeness (QED) is 0.563. The van der Waals surface area contributed by atoms with E-state index >= 15 is 0 Å². The van der Waals surface area contributed by atoms with Gasteiger partial charge in [0.1, 0.15) is 5.75 Å². The topological polar surface area (TPSA) is 61.9 Å². The number of ether oxygens (including phenoxy) is 1. The molecule has 0 bridgehead atoms. The molecule has 33 heavy (non-hydrogen) atoms. The first-order valence-electron chi connectivity index (χ1n) is 11.1. The number of nitrogens with zero attached hydrogens (tertiary/aromatic N) is 2. The van der Waals surface area contributed by atoms with Crippen LogP contribution in [0.2, 0.25) is 5.02 Å². The molecule has 1 saturated heterocycles. The highest BCUT2D eigenvalue weighted by atomic mass is 35.5. The largest absolute Gasteiger partial charge is 0.497 e. The molecule has 6 nitrogen and oxygen atoms in total. The van der Waals surface area contributed by atoms with Gasteiger partial charge in [-0.2, -0.15) is 0 Å². The first-order valence-corrected chi connectivity index (χ1v) is 11.5. The van der Waals surface area contributed by atoms with Crippen LogP contribution in [-0.4, -0.2) is 55.0 Å². The van der Waals surface area contributed by atoms with Gasteiger partial charge in [-0.25, -0.2) is 4.79 Å². The zero-order chi connectivity index (χ0) is 23.4. The first kappa shape index (κ1) is 22.9. The molecule has 0 spiro atoms. The summed E-state index contributed by atoms with van der Waals surface area (Å²) >= 11 is 5.91. The van der Waals surface area contributed by atoms with E-state index in [4.69, 9.17) is 16.3 Å². The van der Waals surface area contributed by atoms with Crippen LogP contribution in [0.4, 0.5) is 10.5 Å². The van der Waals surface area contributed by atoms with E-state index in [2.05, 4.69) is 11.4 Å². The Hall–Kier alpha value is -3.25. The van der Waals surface area contributed by atoms with Crippen LogP contribution in [-0.2, 0) is 4.79 Å². The molecular weight excluding hydrogens is 438 g/mol. The summed E-state index contributed by atoms with van der Waals surface area (Å²) in [5.74, 6) is 0.641. The van der Waals surface area contributed by atoms with Gasteiger partial charge in [0.25, 0.3) is 0 Å². The molecule has 0 radical (unpaired) electrons. The Morgan fingerprint density at radius 2 is 1.58 bits per heavy atom. The van der Waals surface area contributed by atoms with E-state index in [1.807, 2.05) is 42.2 Å². The first-order chi connectivity index (χ1) is 15.9. The van der Waals surface area contributed by atoms with E-state index in [0.29, 0.717) is 36.9 Å². The van der Waals surface area contributed by atoms with Gasteiger partial charge in [0.2, 0.25) is 5.91 Å². The highest BCUT2D eigenvalue weighted by Gasteiger charge is 2.26. The maximum Gasteiger partial charge on any atom is 0.321 e. The number of nitrogens with one attached hydrogen (secondary N) is 1. The number of urea groups is 1. The second-order valence-corrected chi connectivity index (χ2v) is 8.73. The number of halogens is 1. The van der Waals surface area contributed by atoms with Gasteiger partial charge in [-0.15, -0.1) is 0 Å². The fraction of sp³-hybridized carbons (Fsp3) is 0.308. The van der Waals surface area contributed by atoms with Crippen LogP contribution in [0.1, 0.15) is 24.8 Å². The van der Waals surface area contributed by atoms with Gasteiger partial charge in [-0.3, -0.25) is 4.79 Å². The van der Waals surface area contributed by atoms with Crippen molar-refractivity contribution in [2.75, 3.05) is 38.6 Å². The molecule has 4 rings (SSSR count). The third kappa shape index (κ3) is 5.40. The van der Waals surface area contributed by atoms with Gasteiger partial charge in [0.15, 0.2) is 0 Å². The molecule has 1 aliphatic rings. The minimum Gasteiger partial charge on any atom is -0.497 e. The summed E-state index contributed by atoms with van der Waals surface area (Å²) in [5, 5.41) is 5.68. The lowest BCUT2D eigenvalue weighted by molar-refractivity contribution is -0.132. The molecule has 1 heterocycles. The van der Waals surface area contributed by atoms with Gasteiger partial charge in [-0.05, 0) is 66.1 Å². The Morgan fingerprint density at radius 1 is 0.909 bits per heavy atom. The summed E-state index contributed by atoms with van der Waals surface area (Å²) < 4.78 is 5.29. The van der Waals surface area contributed by atoms with Gasteiger partial charge < -0.3 is 19.9 Å². The van der Waals surface area contributed by atoms with Crippen molar-refractivity contribution in [1.82, 2.24) is 9.80 Å². The van der Waals surface area contributed by atoms with Crippen LogP contribution in [0.5, 0.6) is 5.75 Å².